The summed E-state index contributed by atoms with van der Waals surface area (Å²) in [6, 6.07) is 11.4. The first kappa shape index (κ1) is 29.0. The van der Waals surface area contributed by atoms with Gasteiger partial charge in [0.25, 0.3) is 0 Å². The minimum absolute atomic E-state index is 0.0147. The first-order chi connectivity index (χ1) is 18.3. The topological polar surface area (TPSA) is 113 Å². The molecule has 210 valence electrons. The zero-order valence-corrected chi connectivity index (χ0v) is 24.2. The third-order valence-electron chi connectivity index (χ3n) is 7.54. The maximum atomic E-state index is 13.9. The molecule has 0 saturated carbocycles. The fraction of sp³-hybridized carbons (Fsp3) is 0.467. The van der Waals surface area contributed by atoms with Gasteiger partial charge in [-0.15, -0.1) is 0 Å². The van der Waals surface area contributed by atoms with E-state index in [1.165, 1.54) is 17.7 Å². The number of sulfonamides is 1. The zero-order chi connectivity index (χ0) is 28.5. The highest BCUT2D eigenvalue weighted by Gasteiger charge is 2.45. The lowest BCUT2D eigenvalue weighted by molar-refractivity contribution is -0.144. The van der Waals surface area contributed by atoms with Gasteiger partial charge in [-0.2, -0.15) is 4.31 Å². The summed E-state index contributed by atoms with van der Waals surface area (Å²) >= 11 is 0. The second kappa shape index (κ2) is 11.2. The summed E-state index contributed by atoms with van der Waals surface area (Å²) in [6.45, 7) is 13.5. The molecule has 0 aromatic heterocycles. The Morgan fingerprint density at radius 3 is 2.46 bits per heavy atom. The van der Waals surface area contributed by atoms with E-state index >= 15 is 0 Å². The highest BCUT2D eigenvalue weighted by atomic mass is 32.2. The smallest absolute Gasteiger partial charge is 0.243 e. The predicted octanol–water partition coefficient (Wildman–Crippen LogP) is 3.55. The van der Waals surface area contributed by atoms with Gasteiger partial charge in [-0.05, 0) is 81.4 Å². The van der Waals surface area contributed by atoms with E-state index in [1.54, 1.807) is 17.0 Å². The molecule has 9 heteroatoms. The number of benzene rings is 2. The van der Waals surface area contributed by atoms with E-state index < -0.39 is 22.0 Å². The molecule has 3 N–H and O–H groups in total. The number of nitrogens with zero attached hydrogens (tertiary/aromatic N) is 2. The molecule has 1 unspecified atom stereocenters. The van der Waals surface area contributed by atoms with Crippen LogP contribution in [0.2, 0.25) is 0 Å². The second-order valence-corrected chi connectivity index (χ2v) is 13.6. The van der Waals surface area contributed by atoms with Gasteiger partial charge in [-0.3, -0.25) is 9.59 Å². The molecule has 1 heterocycles. The summed E-state index contributed by atoms with van der Waals surface area (Å²) in [4.78, 5) is 27.7. The molecule has 8 nitrogen and oxygen atoms in total. The van der Waals surface area contributed by atoms with E-state index in [1.807, 2.05) is 13.0 Å². The molecule has 39 heavy (non-hydrogen) atoms. The number of piperazine rings is 1. The lowest BCUT2D eigenvalue weighted by atomic mass is 9.84. The lowest BCUT2D eigenvalue weighted by Crippen LogP contribution is -2.60. The van der Waals surface area contributed by atoms with Gasteiger partial charge in [0.05, 0.1) is 17.4 Å². The van der Waals surface area contributed by atoms with Gasteiger partial charge < -0.3 is 16.0 Å². The Morgan fingerprint density at radius 2 is 1.82 bits per heavy atom. The predicted molar refractivity (Wildman–Crippen MR) is 153 cm³/mol. The quantitative estimate of drug-likeness (QED) is 0.520. The van der Waals surface area contributed by atoms with Crippen molar-refractivity contribution in [2.75, 3.05) is 19.6 Å². The van der Waals surface area contributed by atoms with E-state index in [2.05, 4.69) is 44.8 Å². The van der Waals surface area contributed by atoms with Crippen LogP contribution in [0, 0.1) is 6.92 Å². The molecule has 1 fully saturated rings. The van der Waals surface area contributed by atoms with Crippen molar-refractivity contribution in [3.63, 3.8) is 0 Å². The number of carbonyl (C=O) groups excluding carboxylic acids is 2. The van der Waals surface area contributed by atoms with Gasteiger partial charge in [0.1, 0.15) is 6.04 Å². The molecule has 2 aromatic carbocycles. The minimum Gasteiger partial charge on any atom is -0.370 e. The Morgan fingerprint density at radius 1 is 1.13 bits per heavy atom. The number of hydrogen-bond donors (Lipinski definition) is 2. The number of aryl methyl sites for hydroxylation is 2. The van der Waals surface area contributed by atoms with Crippen LogP contribution in [-0.2, 0) is 26.0 Å². The molecule has 1 aliphatic carbocycles. The third kappa shape index (κ3) is 6.42. The van der Waals surface area contributed by atoms with Gasteiger partial charge >= 0.3 is 0 Å². The molecule has 2 aromatic rings. The number of hydrogen-bond acceptors (Lipinski definition) is 5. The molecule has 1 saturated heterocycles. The molecular weight excluding hydrogens is 512 g/mol. The van der Waals surface area contributed by atoms with Crippen LogP contribution in [-0.4, -0.2) is 60.7 Å². The van der Waals surface area contributed by atoms with Gasteiger partial charge in [-0.25, -0.2) is 8.42 Å². The fourth-order valence-corrected chi connectivity index (χ4v) is 6.99. The van der Waals surface area contributed by atoms with Crippen molar-refractivity contribution in [2.24, 2.45) is 5.73 Å². The Kier molecular flexibility index (Phi) is 8.35. The Labute approximate surface area is 232 Å². The number of nitrogens with one attached hydrogen (secondary N) is 1. The van der Waals surface area contributed by atoms with Crippen LogP contribution in [0.25, 0.3) is 5.57 Å². The van der Waals surface area contributed by atoms with Crippen LogP contribution in [0.3, 0.4) is 0 Å². The normalized spacial score (nSPS) is 20.5. The van der Waals surface area contributed by atoms with Crippen molar-refractivity contribution in [3.8, 4) is 0 Å². The summed E-state index contributed by atoms with van der Waals surface area (Å²) in [5.41, 5.74) is 10.7. The second-order valence-electron chi connectivity index (χ2n) is 11.7. The maximum absolute atomic E-state index is 13.9. The summed E-state index contributed by atoms with van der Waals surface area (Å²) < 4.78 is 28.2. The van der Waals surface area contributed by atoms with Gasteiger partial charge in [0.15, 0.2) is 0 Å². The minimum atomic E-state index is -3.99. The summed E-state index contributed by atoms with van der Waals surface area (Å²) in [5.74, 6) is -1.09. The Balaban J connectivity index is 1.60. The standard InChI is InChI=1S/C30H40N4O4S/c1-20-9-12-24(13-10-20)39(37,38)34-16-15-33(29(36)27(34)18-28(31)35)26-8-6-7-23-17-22(11-14-25(23)26)21(2)19-32-30(3,4)5/h9-14,17,26-27,32H,2,6-8,15-16,18-19H2,1,3-5H3,(H2,31,35)/t26-,27?/m1/s1. The summed E-state index contributed by atoms with van der Waals surface area (Å²) in [7, 11) is -3.99. The molecule has 4 rings (SSSR count). The van der Waals surface area contributed by atoms with E-state index in [9.17, 15) is 18.0 Å². The van der Waals surface area contributed by atoms with Crippen LogP contribution in [0.1, 0.15) is 68.3 Å². The van der Waals surface area contributed by atoms with Crippen LogP contribution in [0.5, 0.6) is 0 Å². The average Bonchev–Trinajstić information content (AvgIpc) is 2.87. The van der Waals surface area contributed by atoms with Crippen molar-refractivity contribution in [3.05, 3.63) is 71.3 Å². The number of amides is 2. The molecular formula is C30H40N4O4S. The van der Waals surface area contributed by atoms with Crippen molar-refractivity contribution < 1.29 is 18.0 Å². The first-order valence-electron chi connectivity index (χ1n) is 13.5. The molecule has 0 bridgehead atoms. The molecule has 2 atom stereocenters. The van der Waals surface area contributed by atoms with E-state index in [0.29, 0.717) is 6.54 Å². The van der Waals surface area contributed by atoms with Gasteiger partial charge in [-0.1, -0.05) is 42.5 Å². The van der Waals surface area contributed by atoms with E-state index in [4.69, 9.17) is 5.73 Å². The molecule has 0 radical (unpaired) electrons. The monoisotopic (exact) mass is 552 g/mol. The Hall–Kier alpha value is -3.01. The molecule has 0 spiro atoms. The van der Waals surface area contributed by atoms with Gasteiger partial charge in [0, 0.05) is 25.2 Å². The lowest BCUT2D eigenvalue weighted by Gasteiger charge is -2.44. The number of carbonyl (C=O) groups is 2. The molecule has 2 aliphatic rings. The number of rotatable bonds is 8. The third-order valence-corrected chi connectivity index (χ3v) is 9.46. The highest BCUT2D eigenvalue weighted by Crippen LogP contribution is 2.38. The highest BCUT2D eigenvalue weighted by molar-refractivity contribution is 7.89. The van der Waals surface area contributed by atoms with Crippen LogP contribution >= 0.6 is 0 Å². The maximum Gasteiger partial charge on any atom is 0.243 e. The van der Waals surface area contributed by atoms with Crippen LogP contribution in [0.4, 0.5) is 0 Å². The van der Waals surface area contributed by atoms with E-state index in [0.717, 1.165) is 45.8 Å². The number of primary amides is 1. The summed E-state index contributed by atoms with van der Waals surface area (Å²) in [5, 5.41) is 3.47. The Bertz CT molecular complexity index is 1360. The largest absolute Gasteiger partial charge is 0.370 e. The fourth-order valence-electron chi connectivity index (χ4n) is 5.42. The number of nitrogens with two attached hydrogens (primary N) is 1. The van der Waals surface area contributed by atoms with Crippen LogP contribution < -0.4 is 11.1 Å². The first-order valence-corrected chi connectivity index (χ1v) is 15.0. The SMILES string of the molecule is C=C(CNC(C)(C)C)c1ccc2c(c1)CCC[C@H]2N1CCN(S(=O)(=O)c2ccc(C)cc2)C(CC(N)=O)C1=O. The van der Waals surface area contributed by atoms with E-state index in [-0.39, 0.29) is 41.9 Å². The average molecular weight is 553 g/mol. The van der Waals surface area contributed by atoms with Crippen molar-refractivity contribution >= 4 is 27.4 Å². The molecule has 1 aliphatic heterocycles. The van der Waals surface area contributed by atoms with Crippen molar-refractivity contribution in [1.82, 2.24) is 14.5 Å². The van der Waals surface area contributed by atoms with Gasteiger partial charge in [0.2, 0.25) is 21.8 Å². The zero-order valence-electron chi connectivity index (χ0n) is 23.4. The number of fused-ring (bicyclic) bond motifs is 1. The summed E-state index contributed by atoms with van der Waals surface area (Å²) in [6.07, 6.45) is 2.22. The van der Waals surface area contributed by atoms with Crippen LogP contribution in [0.15, 0.2) is 53.9 Å². The van der Waals surface area contributed by atoms with Crippen molar-refractivity contribution in [2.45, 2.75) is 75.9 Å². The molecule has 2 amide bonds. The van der Waals surface area contributed by atoms with Crippen molar-refractivity contribution in [1.29, 1.82) is 0 Å².